The molecule has 0 fully saturated rings. The van der Waals surface area contributed by atoms with E-state index in [1.54, 1.807) is 91.0 Å². The number of benzene rings is 8. The van der Waals surface area contributed by atoms with Gasteiger partial charge in [-0.05, 0) is 80.5 Å². The van der Waals surface area contributed by atoms with Gasteiger partial charge in [-0.1, -0.05) is 151 Å². The van der Waals surface area contributed by atoms with Gasteiger partial charge in [0, 0.05) is 27.5 Å². The van der Waals surface area contributed by atoms with Crippen LogP contribution in [0.1, 0.15) is 19.2 Å². The average Bonchev–Trinajstić information content (AvgIpc) is 3.71. The summed E-state index contributed by atoms with van der Waals surface area (Å²) in [6.45, 7) is 0. The lowest BCUT2D eigenvalue weighted by atomic mass is 9.99. The Morgan fingerprint density at radius 3 is 1.74 bits per heavy atom. The van der Waals surface area contributed by atoms with Gasteiger partial charge in [-0.15, -0.1) is 0 Å². The Labute approximate surface area is 326 Å². The van der Waals surface area contributed by atoms with E-state index in [1.807, 2.05) is 6.07 Å². The van der Waals surface area contributed by atoms with Crippen LogP contribution in [0.5, 0.6) is 0 Å². The molecule has 10 aromatic rings. The third kappa shape index (κ3) is 5.73. The summed E-state index contributed by atoms with van der Waals surface area (Å²) >= 11 is 0. The van der Waals surface area contributed by atoms with Crippen LogP contribution in [0.3, 0.4) is 0 Å². The molecule has 0 aliphatic carbocycles. The summed E-state index contributed by atoms with van der Waals surface area (Å²) in [6, 6.07) is 24.1. The van der Waals surface area contributed by atoms with Crippen LogP contribution in [-0.2, 0) is 0 Å². The summed E-state index contributed by atoms with van der Waals surface area (Å²) in [6.07, 6.45) is 0. The number of nitrogens with zero attached hydrogens (tertiary/aromatic N) is 3. The van der Waals surface area contributed by atoms with E-state index in [0.29, 0.717) is 49.5 Å². The van der Waals surface area contributed by atoms with Crippen molar-refractivity contribution in [3.05, 3.63) is 188 Å². The minimum Gasteiger partial charge on any atom is -0.456 e. The van der Waals surface area contributed by atoms with Gasteiger partial charge in [0.05, 0.1) is 19.2 Å². The van der Waals surface area contributed by atoms with Gasteiger partial charge in [-0.25, -0.2) is 15.0 Å². The highest BCUT2D eigenvalue weighted by Gasteiger charge is 2.19. The highest BCUT2D eigenvalue weighted by Crippen LogP contribution is 2.39. The summed E-state index contributed by atoms with van der Waals surface area (Å²) in [5.41, 5.74) is 2.83. The van der Waals surface area contributed by atoms with Crippen molar-refractivity contribution in [2.24, 2.45) is 0 Å². The van der Waals surface area contributed by atoms with Crippen molar-refractivity contribution in [3.63, 3.8) is 0 Å². The van der Waals surface area contributed by atoms with Crippen molar-refractivity contribution in [2.45, 2.75) is 0 Å². The molecule has 10 rings (SSSR count). The van der Waals surface area contributed by atoms with Crippen molar-refractivity contribution >= 4 is 32.7 Å². The van der Waals surface area contributed by atoms with Gasteiger partial charge in [0.1, 0.15) is 11.2 Å². The first kappa shape index (κ1) is 19.4. The molecule has 2 aromatic heterocycles. The Hall–Kier alpha value is -7.17. The molecule has 0 spiro atoms. The first-order chi connectivity index (χ1) is 32.0. The van der Waals surface area contributed by atoms with Gasteiger partial charge in [-0.3, -0.25) is 0 Å². The molecule has 0 atom stereocenters. The largest absolute Gasteiger partial charge is 0.456 e. The quantitative estimate of drug-likeness (QED) is 0.174. The summed E-state index contributed by atoms with van der Waals surface area (Å²) in [5.74, 6) is 0.191. The fourth-order valence-corrected chi connectivity index (χ4v) is 6.39. The minimum absolute atomic E-state index is 0.0200. The van der Waals surface area contributed by atoms with E-state index < -0.39 is 48.3 Å². The molecule has 0 N–H and O–H groups in total. The van der Waals surface area contributed by atoms with Gasteiger partial charge in [0.25, 0.3) is 0 Å². The monoisotopic (exact) mass is 691 g/mol. The fourth-order valence-electron chi connectivity index (χ4n) is 6.39. The van der Waals surface area contributed by atoms with Crippen molar-refractivity contribution in [3.8, 4) is 67.5 Å². The second-order valence-corrected chi connectivity index (χ2v) is 12.2. The predicted octanol–water partition coefficient (Wildman–Crippen LogP) is 12.9. The van der Waals surface area contributed by atoms with Crippen LogP contribution in [0.4, 0.5) is 0 Å². The molecule has 0 aliphatic rings. The zero-order chi connectivity index (χ0) is 47.3. The van der Waals surface area contributed by atoms with E-state index in [4.69, 9.17) is 35.8 Å². The molecule has 0 saturated heterocycles. The fraction of sp³-hybridized carbons (Fsp3) is 0. The van der Waals surface area contributed by atoms with Crippen LogP contribution >= 0.6 is 0 Å². The molecule has 8 aromatic carbocycles. The molecule has 4 nitrogen and oxygen atoms in total. The van der Waals surface area contributed by atoms with Crippen molar-refractivity contribution < 1.29 is 23.6 Å². The maximum absolute atomic E-state index is 9.29. The lowest BCUT2D eigenvalue weighted by molar-refractivity contribution is 0.669. The van der Waals surface area contributed by atoms with Crippen LogP contribution in [0.15, 0.2) is 192 Å². The van der Waals surface area contributed by atoms with Gasteiger partial charge >= 0.3 is 0 Å². The van der Waals surface area contributed by atoms with Gasteiger partial charge in [0.15, 0.2) is 17.5 Å². The highest BCUT2D eigenvalue weighted by atomic mass is 16.3. The third-order valence-corrected chi connectivity index (χ3v) is 8.93. The first-order valence-electron chi connectivity index (χ1n) is 23.6. The number of aromatic nitrogens is 3. The second-order valence-electron chi connectivity index (χ2n) is 12.2. The number of hydrogen-bond acceptors (Lipinski definition) is 4. The van der Waals surface area contributed by atoms with Crippen LogP contribution in [0.2, 0.25) is 0 Å². The summed E-state index contributed by atoms with van der Waals surface area (Å²) in [5, 5.41) is 1.90. The lowest BCUT2D eigenvalue weighted by Gasteiger charge is -2.11. The summed E-state index contributed by atoms with van der Waals surface area (Å²) in [4.78, 5) is 14.7. The van der Waals surface area contributed by atoms with Crippen LogP contribution in [0.25, 0.3) is 100 Å². The SMILES string of the molecule is [2H]c1cc2c(oc3c([2H])cc([2H])c(-c4nc(-c5cccc(-c6c([2H])c([2H])c([2H])c([2H])c6[2H])c5)nc(-c5ccc6cc(-c7c([2H])c([2H])c([2H])c([2H])c7[2H])ccc6c5)n4)c32)c([2H])c1-c1ccccc1. The van der Waals surface area contributed by atoms with E-state index in [2.05, 4.69) is 0 Å². The molecule has 4 heteroatoms. The van der Waals surface area contributed by atoms with Crippen molar-refractivity contribution in [2.75, 3.05) is 0 Å². The summed E-state index contributed by atoms with van der Waals surface area (Å²) < 4.78 is 126. The Kier molecular flexibility index (Phi) is 4.72. The maximum Gasteiger partial charge on any atom is 0.164 e. The predicted molar refractivity (Wildman–Crippen MR) is 217 cm³/mol. The Morgan fingerprint density at radius 2 is 1.00 bits per heavy atom. The van der Waals surface area contributed by atoms with Crippen LogP contribution in [-0.4, -0.2) is 15.0 Å². The second kappa shape index (κ2) is 12.9. The van der Waals surface area contributed by atoms with Crippen LogP contribution < -0.4 is 0 Å². The zero-order valence-corrected chi connectivity index (χ0v) is 27.6. The molecule has 0 amide bonds. The molecule has 0 unspecified atom stereocenters. The minimum atomic E-state index is -0.531. The summed E-state index contributed by atoms with van der Waals surface area (Å²) in [7, 11) is 0. The molecule has 0 aliphatic heterocycles. The molecular formula is C49H31N3O. The molecule has 53 heavy (non-hydrogen) atoms. The molecule has 2 heterocycles. The zero-order valence-electron chi connectivity index (χ0n) is 41.6. The molecular weight excluding hydrogens is 647 g/mol. The van der Waals surface area contributed by atoms with Gasteiger partial charge in [-0.2, -0.15) is 0 Å². The number of hydrogen-bond donors (Lipinski definition) is 0. The smallest absolute Gasteiger partial charge is 0.164 e. The number of furan rings is 1. The van der Waals surface area contributed by atoms with Gasteiger partial charge < -0.3 is 4.42 Å². The van der Waals surface area contributed by atoms with Crippen LogP contribution in [0, 0.1) is 0 Å². The van der Waals surface area contributed by atoms with Crippen molar-refractivity contribution in [1.82, 2.24) is 15.0 Å². The molecule has 0 bridgehead atoms. The Morgan fingerprint density at radius 1 is 0.396 bits per heavy atom. The Bertz CT molecular complexity index is 3710. The highest BCUT2D eigenvalue weighted by molar-refractivity contribution is 6.12. The molecule has 0 radical (unpaired) electrons. The lowest BCUT2D eigenvalue weighted by Crippen LogP contribution is -2.00. The van der Waals surface area contributed by atoms with E-state index in [0.717, 1.165) is 0 Å². The Balaban J connectivity index is 1.20. The molecule has 248 valence electrons. The third-order valence-electron chi connectivity index (χ3n) is 8.93. The van der Waals surface area contributed by atoms with E-state index >= 15 is 0 Å². The number of fused-ring (bicyclic) bond motifs is 4. The first-order valence-corrected chi connectivity index (χ1v) is 16.6. The van der Waals surface area contributed by atoms with E-state index in [-0.39, 0.29) is 87.0 Å². The van der Waals surface area contributed by atoms with Crippen molar-refractivity contribution in [1.29, 1.82) is 0 Å². The average molecular weight is 692 g/mol. The standard InChI is InChI=1S/C49H31N3O/c1-4-12-32(13-5-1)35-18-10-19-40(29-35)47-50-48(41-25-24-37-28-36(22-23-38(37)30-41)33-14-6-2-7-15-33)52-49(51-47)43-20-11-21-44-46(43)42-27-26-39(31-45(42)53-44)34-16-8-3-9-17-34/h1-31H/i1D,2D,4D,5D,6D,7D,12D,13D,14D,15D,20D,21D,26D,31D. The topological polar surface area (TPSA) is 51.8 Å². The normalized spacial score (nSPS) is 15.1. The van der Waals surface area contributed by atoms with E-state index in [1.165, 1.54) is 6.07 Å². The molecule has 0 saturated carbocycles. The maximum atomic E-state index is 9.29. The van der Waals surface area contributed by atoms with Gasteiger partial charge in [0.2, 0.25) is 0 Å². The van der Waals surface area contributed by atoms with E-state index in [9.17, 15) is 2.74 Å². The number of rotatable bonds is 6.